The average Bonchev–Trinajstić information content (AvgIpc) is 2.93. The Bertz CT molecular complexity index is 1220. The highest BCUT2D eigenvalue weighted by Gasteiger charge is 2.44. The van der Waals surface area contributed by atoms with Gasteiger partial charge in [0, 0.05) is 13.1 Å². The molecule has 2 N–H and O–H groups in total. The van der Waals surface area contributed by atoms with Crippen molar-refractivity contribution in [3.8, 4) is 5.75 Å². The molecule has 2 aliphatic rings. The normalized spacial score (nSPS) is 18.3. The smallest absolute Gasteiger partial charge is 0.272 e. The maximum Gasteiger partial charge on any atom is 0.272 e. The van der Waals surface area contributed by atoms with E-state index >= 15 is 0 Å². The van der Waals surface area contributed by atoms with Gasteiger partial charge in [0.1, 0.15) is 17.0 Å². The van der Waals surface area contributed by atoms with Crippen molar-refractivity contribution in [1.29, 1.82) is 0 Å². The third-order valence-corrected chi connectivity index (χ3v) is 7.26. The van der Waals surface area contributed by atoms with E-state index in [0.717, 1.165) is 24.1 Å². The summed E-state index contributed by atoms with van der Waals surface area (Å²) in [5.41, 5.74) is 1.87. The fourth-order valence-electron chi connectivity index (χ4n) is 5.29. The number of aromatic nitrogens is 2. The van der Waals surface area contributed by atoms with Crippen molar-refractivity contribution in [1.82, 2.24) is 25.5 Å². The summed E-state index contributed by atoms with van der Waals surface area (Å²) in [5, 5.41) is 6.39. The van der Waals surface area contributed by atoms with Crippen molar-refractivity contribution in [3.63, 3.8) is 0 Å². The number of piperidine rings is 2. The van der Waals surface area contributed by atoms with Crippen molar-refractivity contribution >= 4 is 22.8 Å². The van der Waals surface area contributed by atoms with Crippen LogP contribution < -0.4 is 15.4 Å². The first kappa shape index (κ1) is 23.2. The standard InChI is InChI=1S/C27H31N5O3/c1-35-24-9-5-2-6-20(24)19-10-16-32(17-11-19)26(34)27(12-14-28-15-13-27)31-25(33)23-18-29-21-7-3-4-8-22(21)30-23/h2-9,18-19,28H,10-17H2,1H3,(H,31,33). The van der Waals surface area contributed by atoms with Crippen LogP contribution >= 0.6 is 0 Å². The summed E-state index contributed by atoms with van der Waals surface area (Å²) >= 11 is 0. The first-order valence-corrected chi connectivity index (χ1v) is 12.3. The Morgan fingerprint density at radius 2 is 1.71 bits per heavy atom. The highest BCUT2D eigenvalue weighted by molar-refractivity contribution is 5.99. The summed E-state index contributed by atoms with van der Waals surface area (Å²) in [6, 6.07) is 15.5. The van der Waals surface area contributed by atoms with Crippen LogP contribution in [0.5, 0.6) is 5.75 Å². The molecule has 3 heterocycles. The summed E-state index contributed by atoms with van der Waals surface area (Å²) in [6.07, 6.45) is 4.31. The topological polar surface area (TPSA) is 96.5 Å². The molecule has 2 fully saturated rings. The molecule has 0 radical (unpaired) electrons. The van der Waals surface area contributed by atoms with E-state index in [1.807, 2.05) is 47.4 Å². The minimum absolute atomic E-state index is 0.000393. The van der Waals surface area contributed by atoms with Crippen LogP contribution in [0, 0.1) is 0 Å². The Morgan fingerprint density at radius 3 is 2.46 bits per heavy atom. The number of benzene rings is 2. The number of methoxy groups -OCH3 is 1. The Balaban J connectivity index is 1.31. The highest BCUT2D eigenvalue weighted by Crippen LogP contribution is 2.35. The SMILES string of the molecule is COc1ccccc1C1CCN(C(=O)C2(NC(=O)c3cnc4ccccc4n3)CCNCC2)CC1. The minimum Gasteiger partial charge on any atom is -0.496 e. The van der Waals surface area contributed by atoms with Crippen LogP contribution in [0.4, 0.5) is 0 Å². The van der Waals surface area contributed by atoms with Gasteiger partial charge in [-0.2, -0.15) is 0 Å². The number of fused-ring (bicyclic) bond motifs is 1. The first-order chi connectivity index (χ1) is 17.1. The molecule has 0 spiro atoms. The molecule has 0 unspecified atom stereocenters. The van der Waals surface area contributed by atoms with Gasteiger partial charge in [-0.15, -0.1) is 0 Å². The number of hydrogen-bond donors (Lipinski definition) is 2. The molecular formula is C27H31N5O3. The van der Waals surface area contributed by atoms with Gasteiger partial charge >= 0.3 is 0 Å². The zero-order valence-corrected chi connectivity index (χ0v) is 20.0. The molecule has 2 saturated heterocycles. The van der Waals surface area contributed by atoms with Crippen molar-refractivity contribution < 1.29 is 14.3 Å². The maximum absolute atomic E-state index is 13.8. The largest absolute Gasteiger partial charge is 0.496 e. The van der Waals surface area contributed by atoms with Crippen LogP contribution in [0.15, 0.2) is 54.7 Å². The minimum atomic E-state index is -0.938. The number of carbonyl (C=O) groups is 2. The van der Waals surface area contributed by atoms with E-state index < -0.39 is 5.54 Å². The molecule has 2 aromatic carbocycles. The maximum atomic E-state index is 13.8. The van der Waals surface area contributed by atoms with Crippen molar-refractivity contribution in [3.05, 3.63) is 66.0 Å². The van der Waals surface area contributed by atoms with E-state index in [2.05, 4.69) is 26.7 Å². The number of likely N-dealkylation sites (tertiary alicyclic amines) is 1. The number of rotatable bonds is 5. The molecular weight excluding hydrogens is 442 g/mol. The van der Waals surface area contributed by atoms with Crippen LogP contribution in [0.3, 0.4) is 0 Å². The molecule has 0 aliphatic carbocycles. The molecule has 3 aromatic rings. The lowest BCUT2D eigenvalue weighted by atomic mass is 9.84. The molecule has 2 amide bonds. The number of nitrogens with zero attached hydrogens (tertiary/aromatic N) is 3. The van der Waals surface area contributed by atoms with Crippen molar-refractivity contribution in [2.24, 2.45) is 0 Å². The van der Waals surface area contributed by atoms with E-state index in [-0.39, 0.29) is 17.5 Å². The van der Waals surface area contributed by atoms with Crippen LogP contribution in [0.25, 0.3) is 11.0 Å². The van der Waals surface area contributed by atoms with Crippen molar-refractivity contribution in [2.45, 2.75) is 37.1 Å². The second kappa shape index (κ2) is 10.00. The number of ether oxygens (including phenoxy) is 1. The molecule has 0 bridgehead atoms. The molecule has 0 atom stereocenters. The summed E-state index contributed by atoms with van der Waals surface area (Å²) in [7, 11) is 1.70. The van der Waals surface area contributed by atoms with Gasteiger partial charge in [0.15, 0.2) is 0 Å². The van der Waals surface area contributed by atoms with Gasteiger partial charge in [0.05, 0.1) is 24.3 Å². The lowest BCUT2D eigenvalue weighted by Crippen LogP contribution is -2.64. The van der Waals surface area contributed by atoms with E-state index in [0.29, 0.717) is 50.5 Å². The monoisotopic (exact) mass is 473 g/mol. The van der Waals surface area contributed by atoms with Crippen molar-refractivity contribution in [2.75, 3.05) is 33.3 Å². The van der Waals surface area contributed by atoms with Gasteiger partial charge in [-0.3, -0.25) is 14.6 Å². The van der Waals surface area contributed by atoms with E-state index in [1.54, 1.807) is 7.11 Å². The predicted octanol–water partition coefficient (Wildman–Crippen LogP) is 2.90. The lowest BCUT2D eigenvalue weighted by molar-refractivity contribution is -0.140. The Labute approximate surface area is 205 Å². The number of nitrogens with one attached hydrogen (secondary N) is 2. The fourth-order valence-corrected chi connectivity index (χ4v) is 5.29. The molecule has 1 aromatic heterocycles. The summed E-state index contributed by atoms with van der Waals surface area (Å²) in [5.74, 6) is 0.888. The van der Waals surface area contributed by atoms with Gasteiger partial charge in [-0.25, -0.2) is 4.98 Å². The van der Waals surface area contributed by atoms with Crippen LogP contribution in [-0.4, -0.2) is 65.5 Å². The average molecular weight is 474 g/mol. The van der Waals surface area contributed by atoms with Gasteiger partial charge < -0.3 is 20.3 Å². The molecule has 182 valence electrons. The van der Waals surface area contributed by atoms with E-state index in [1.165, 1.54) is 11.8 Å². The first-order valence-electron chi connectivity index (χ1n) is 12.3. The Kier molecular flexibility index (Phi) is 6.63. The second-order valence-corrected chi connectivity index (χ2v) is 9.34. The fraction of sp³-hybridized carbons (Fsp3) is 0.407. The summed E-state index contributed by atoms with van der Waals surface area (Å²) in [6.45, 7) is 2.66. The zero-order chi connectivity index (χ0) is 24.3. The summed E-state index contributed by atoms with van der Waals surface area (Å²) in [4.78, 5) is 37.8. The molecule has 8 nitrogen and oxygen atoms in total. The Hall–Kier alpha value is -3.52. The van der Waals surface area contributed by atoms with E-state index in [4.69, 9.17) is 4.74 Å². The number of hydrogen-bond acceptors (Lipinski definition) is 6. The number of para-hydroxylation sites is 3. The molecule has 8 heteroatoms. The third kappa shape index (κ3) is 4.71. The van der Waals surface area contributed by atoms with Gasteiger partial charge in [-0.05, 0) is 68.5 Å². The van der Waals surface area contributed by atoms with Gasteiger partial charge in [0.2, 0.25) is 5.91 Å². The second-order valence-electron chi connectivity index (χ2n) is 9.34. The Morgan fingerprint density at radius 1 is 1.03 bits per heavy atom. The highest BCUT2D eigenvalue weighted by atomic mass is 16.5. The molecule has 5 rings (SSSR count). The van der Waals surface area contributed by atoms with Crippen LogP contribution in [-0.2, 0) is 4.79 Å². The van der Waals surface area contributed by atoms with Gasteiger partial charge in [0.25, 0.3) is 5.91 Å². The molecule has 2 aliphatic heterocycles. The lowest BCUT2D eigenvalue weighted by Gasteiger charge is -2.42. The van der Waals surface area contributed by atoms with Gasteiger partial charge in [-0.1, -0.05) is 30.3 Å². The predicted molar refractivity (Wildman–Crippen MR) is 133 cm³/mol. The van der Waals surface area contributed by atoms with E-state index in [9.17, 15) is 9.59 Å². The number of carbonyl (C=O) groups excluding carboxylic acids is 2. The molecule has 35 heavy (non-hydrogen) atoms. The van der Waals surface area contributed by atoms with Crippen LogP contribution in [0.2, 0.25) is 0 Å². The molecule has 0 saturated carbocycles. The third-order valence-electron chi connectivity index (χ3n) is 7.26. The zero-order valence-electron chi connectivity index (χ0n) is 20.0. The number of amides is 2. The summed E-state index contributed by atoms with van der Waals surface area (Å²) < 4.78 is 5.55. The quantitative estimate of drug-likeness (QED) is 0.592. The van der Waals surface area contributed by atoms with Crippen LogP contribution in [0.1, 0.15) is 47.7 Å².